The molecule has 0 unspecified atom stereocenters. The Balaban J connectivity index is 1.58. The SMILES string of the molecule is O=C(Nc1cccc(Cl)c1Cl)c1cccc(NC2=C(Cl)C(=O)N(c3cc(Cl)c(Cl)cc3Cl)C2=O)c1. The molecule has 4 rings (SSSR count). The van der Waals surface area contributed by atoms with E-state index in [1.807, 2.05) is 0 Å². The largest absolute Gasteiger partial charge is 0.350 e. The Kier molecular flexibility index (Phi) is 7.52. The first kappa shape index (κ1) is 25.6. The fourth-order valence-corrected chi connectivity index (χ4v) is 4.38. The molecule has 3 amide bonds. The Morgan fingerprint density at radius 1 is 0.743 bits per heavy atom. The number of nitrogens with one attached hydrogen (secondary N) is 2. The van der Waals surface area contributed by atoms with E-state index in [1.165, 1.54) is 18.2 Å². The lowest BCUT2D eigenvalue weighted by molar-refractivity contribution is -0.120. The number of imide groups is 1. The lowest BCUT2D eigenvalue weighted by Gasteiger charge is -2.17. The highest BCUT2D eigenvalue weighted by atomic mass is 35.5. The molecule has 0 saturated carbocycles. The minimum Gasteiger partial charge on any atom is -0.350 e. The Hall–Kier alpha value is -2.45. The number of nitrogens with zero attached hydrogens (tertiary/aromatic N) is 1. The molecule has 178 valence electrons. The zero-order valence-corrected chi connectivity index (χ0v) is 21.7. The summed E-state index contributed by atoms with van der Waals surface area (Å²) >= 11 is 36.4. The Morgan fingerprint density at radius 3 is 2.17 bits per heavy atom. The number of rotatable bonds is 5. The fourth-order valence-electron chi connectivity index (χ4n) is 3.19. The van der Waals surface area contributed by atoms with Crippen LogP contribution in [0.1, 0.15) is 10.4 Å². The van der Waals surface area contributed by atoms with Gasteiger partial charge in [-0.3, -0.25) is 14.4 Å². The standard InChI is InChI=1S/C23H11Cl6N3O3/c24-12-5-2-6-16(18(12)28)31-21(33)10-3-1-4-11(7-10)30-20-19(29)22(34)32(23(20)35)17-9-14(26)13(25)8-15(17)27/h1-9,30H,(H,31,33). The van der Waals surface area contributed by atoms with E-state index < -0.39 is 17.7 Å². The van der Waals surface area contributed by atoms with Gasteiger partial charge < -0.3 is 10.6 Å². The van der Waals surface area contributed by atoms with Crippen LogP contribution in [0.25, 0.3) is 0 Å². The first-order valence-electron chi connectivity index (χ1n) is 9.64. The van der Waals surface area contributed by atoms with Gasteiger partial charge in [0.2, 0.25) is 0 Å². The van der Waals surface area contributed by atoms with Crippen molar-refractivity contribution < 1.29 is 14.4 Å². The number of halogens is 6. The van der Waals surface area contributed by atoms with Gasteiger partial charge in [-0.25, -0.2) is 4.90 Å². The van der Waals surface area contributed by atoms with Crippen molar-refractivity contribution in [3.63, 3.8) is 0 Å². The number of carbonyl (C=O) groups excluding carboxylic acids is 3. The Bertz CT molecular complexity index is 1440. The molecule has 0 aliphatic carbocycles. The topological polar surface area (TPSA) is 78.5 Å². The summed E-state index contributed by atoms with van der Waals surface area (Å²) in [6.07, 6.45) is 0. The molecular weight excluding hydrogens is 579 g/mol. The molecular formula is C23H11Cl6N3O3. The van der Waals surface area contributed by atoms with E-state index in [-0.39, 0.29) is 47.1 Å². The van der Waals surface area contributed by atoms with Crippen molar-refractivity contribution in [1.29, 1.82) is 0 Å². The van der Waals surface area contributed by atoms with E-state index in [2.05, 4.69) is 10.6 Å². The van der Waals surface area contributed by atoms with Crippen LogP contribution in [0.15, 0.2) is 65.3 Å². The molecule has 35 heavy (non-hydrogen) atoms. The summed E-state index contributed by atoms with van der Waals surface area (Å²) < 4.78 is 0. The van der Waals surface area contributed by atoms with E-state index in [0.29, 0.717) is 11.4 Å². The lowest BCUT2D eigenvalue weighted by atomic mass is 10.1. The van der Waals surface area contributed by atoms with Crippen LogP contribution < -0.4 is 15.5 Å². The molecule has 0 aromatic heterocycles. The molecule has 0 saturated heterocycles. The second-order valence-electron chi connectivity index (χ2n) is 7.11. The molecule has 6 nitrogen and oxygen atoms in total. The maximum Gasteiger partial charge on any atom is 0.283 e. The van der Waals surface area contributed by atoms with Crippen LogP contribution in [0.3, 0.4) is 0 Å². The third-order valence-corrected chi connectivity index (χ3v) is 7.05. The van der Waals surface area contributed by atoms with Gasteiger partial charge in [0.1, 0.15) is 10.7 Å². The Morgan fingerprint density at radius 2 is 1.43 bits per heavy atom. The van der Waals surface area contributed by atoms with Gasteiger partial charge in [0, 0.05) is 11.3 Å². The molecule has 2 N–H and O–H groups in total. The number of amides is 3. The van der Waals surface area contributed by atoms with Gasteiger partial charge in [0.25, 0.3) is 17.7 Å². The maximum atomic E-state index is 13.1. The maximum absolute atomic E-state index is 13.1. The van der Waals surface area contributed by atoms with E-state index in [0.717, 1.165) is 4.90 Å². The third-order valence-electron chi connectivity index (χ3n) is 4.85. The zero-order chi connectivity index (χ0) is 25.4. The van der Waals surface area contributed by atoms with Gasteiger partial charge in [0.15, 0.2) is 0 Å². The van der Waals surface area contributed by atoms with Crippen molar-refractivity contribution in [1.82, 2.24) is 0 Å². The molecule has 0 radical (unpaired) electrons. The molecule has 1 aliphatic rings. The molecule has 0 atom stereocenters. The molecule has 3 aromatic rings. The van der Waals surface area contributed by atoms with Crippen molar-refractivity contribution in [2.24, 2.45) is 0 Å². The van der Waals surface area contributed by atoms with Gasteiger partial charge in [-0.2, -0.15) is 0 Å². The number of benzene rings is 3. The van der Waals surface area contributed by atoms with Crippen LogP contribution in [-0.4, -0.2) is 17.7 Å². The number of hydrogen-bond acceptors (Lipinski definition) is 4. The van der Waals surface area contributed by atoms with Crippen LogP contribution in [0, 0.1) is 0 Å². The van der Waals surface area contributed by atoms with E-state index in [1.54, 1.807) is 36.4 Å². The van der Waals surface area contributed by atoms with Crippen molar-refractivity contribution in [3.05, 3.63) is 96.0 Å². The van der Waals surface area contributed by atoms with Gasteiger partial charge in [0.05, 0.1) is 36.5 Å². The zero-order valence-electron chi connectivity index (χ0n) is 17.1. The monoisotopic (exact) mass is 587 g/mol. The minimum absolute atomic E-state index is 0.0255. The molecule has 12 heteroatoms. The predicted molar refractivity (Wildman–Crippen MR) is 141 cm³/mol. The van der Waals surface area contributed by atoms with E-state index >= 15 is 0 Å². The first-order valence-corrected chi connectivity index (χ1v) is 11.9. The molecule has 0 spiro atoms. The summed E-state index contributed by atoms with van der Waals surface area (Å²) in [6, 6.07) is 13.6. The van der Waals surface area contributed by atoms with Crippen molar-refractivity contribution in [2.45, 2.75) is 0 Å². The normalized spacial score (nSPS) is 13.5. The highest BCUT2D eigenvalue weighted by Gasteiger charge is 2.40. The summed E-state index contributed by atoms with van der Waals surface area (Å²) in [7, 11) is 0. The summed E-state index contributed by atoms with van der Waals surface area (Å²) in [5.41, 5.74) is 0.723. The fraction of sp³-hybridized carbons (Fsp3) is 0. The first-order chi connectivity index (χ1) is 16.6. The number of anilines is 3. The van der Waals surface area contributed by atoms with Crippen LogP contribution in [0.5, 0.6) is 0 Å². The van der Waals surface area contributed by atoms with Crippen LogP contribution in [0.2, 0.25) is 25.1 Å². The molecule has 1 aliphatic heterocycles. The van der Waals surface area contributed by atoms with Gasteiger partial charge >= 0.3 is 0 Å². The smallest absolute Gasteiger partial charge is 0.283 e. The van der Waals surface area contributed by atoms with Gasteiger partial charge in [-0.15, -0.1) is 0 Å². The van der Waals surface area contributed by atoms with Crippen molar-refractivity contribution in [2.75, 3.05) is 15.5 Å². The van der Waals surface area contributed by atoms with Crippen molar-refractivity contribution >= 4 is 104 Å². The summed E-state index contributed by atoms with van der Waals surface area (Å²) in [5, 5.41) is 5.89. The summed E-state index contributed by atoms with van der Waals surface area (Å²) in [4.78, 5) is 39.3. The Labute approximate surface area is 229 Å². The van der Waals surface area contributed by atoms with E-state index in [9.17, 15) is 14.4 Å². The summed E-state index contributed by atoms with van der Waals surface area (Å²) in [5.74, 6) is -2.04. The average Bonchev–Trinajstić information content (AvgIpc) is 3.02. The predicted octanol–water partition coefficient (Wildman–Crippen LogP) is 7.64. The van der Waals surface area contributed by atoms with E-state index in [4.69, 9.17) is 69.6 Å². The van der Waals surface area contributed by atoms with Crippen LogP contribution >= 0.6 is 69.6 Å². The van der Waals surface area contributed by atoms with Crippen LogP contribution in [0.4, 0.5) is 17.1 Å². The minimum atomic E-state index is -0.802. The second kappa shape index (κ2) is 10.3. The molecule has 3 aromatic carbocycles. The average molecular weight is 590 g/mol. The quantitative estimate of drug-likeness (QED) is 0.237. The summed E-state index contributed by atoms with van der Waals surface area (Å²) in [6.45, 7) is 0. The molecule has 0 bridgehead atoms. The highest BCUT2D eigenvalue weighted by molar-refractivity contribution is 6.54. The number of hydrogen-bond donors (Lipinski definition) is 2. The van der Waals surface area contributed by atoms with Gasteiger partial charge in [-0.05, 0) is 42.5 Å². The lowest BCUT2D eigenvalue weighted by Crippen LogP contribution is -2.32. The molecule has 1 heterocycles. The third kappa shape index (κ3) is 5.09. The van der Waals surface area contributed by atoms with Crippen LogP contribution in [-0.2, 0) is 9.59 Å². The van der Waals surface area contributed by atoms with Gasteiger partial charge in [-0.1, -0.05) is 81.7 Å². The molecule has 0 fully saturated rings. The highest BCUT2D eigenvalue weighted by Crippen LogP contribution is 2.39. The second-order valence-corrected chi connectivity index (χ2v) is 9.50. The number of carbonyl (C=O) groups is 3. The van der Waals surface area contributed by atoms with Crippen molar-refractivity contribution in [3.8, 4) is 0 Å².